The molecule has 1 heterocycles. The van der Waals surface area contributed by atoms with Gasteiger partial charge in [0.15, 0.2) is 0 Å². The molecule has 4 unspecified atom stereocenters. The predicted octanol–water partition coefficient (Wildman–Crippen LogP) is 7.61. The Kier molecular flexibility index (Phi) is 12.9. The summed E-state index contributed by atoms with van der Waals surface area (Å²) in [4.78, 5) is 30.9. The molecule has 0 saturated carbocycles. The molecule has 13 heteroatoms. The quantitative estimate of drug-likeness (QED) is 0.144. The summed E-state index contributed by atoms with van der Waals surface area (Å²) in [5.41, 5.74) is 1.57. The van der Waals surface area contributed by atoms with Crippen LogP contribution in [0.2, 0.25) is 5.02 Å². The molecule has 2 amide bonds. The van der Waals surface area contributed by atoms with Gasteiger partial charge < -0.3 is 15.4 Å². The first kappa shape index (κ1) is 38.7. The van der Waals surface area contributed by atoms with Crippen LogP contribution >= 0.6 is 11.6 Å². The van der Waals surface area contributed by atoms with Gasteiger partial charge in [-0.2, -0.15) is 9.30 Å². The maximum atomic E-state index is 15.6. The fourth-order valence-corrected chi connectivity index (χ4v) is 8.81. The molecular formula is C39H41ClF2N4O5S. The minimum Gasteiger partial charge on any atom is -0.451 e. The molecule has 4 aromatic carbocycles. The molecule has 4 atom stereocenters. The largest absolute Gasteiger partial charge is 0.451 e. The molecule has 0 radical (unpaired) electrons. The number of benzene rings is 4. The predicted molar refractivity (Wildman–Crippen MR) is 198 cm³/mol. The number of nitrogens with zero attached hydrogens (tertiary/aromatic N) is 2. The Morgan fingerprint density at radius 2 is 1.69 bits per heavy atom. The molecule has 1 aliphatic heterocycles. The van der Waals surface area contributed by atoms with Gasteiger partial charge in [-0.25, -0.2) is 22.0 Å². The molecule has 1 aliphatic rings. The van der Waals surface area contributed by atoms with Crippen molar-refractivity contribution in [2.24, 2.45) is 10.9 Å². The first-order valence-corrected chi connectivity index (χ1v) is 18.7. The smallest absolute Gasteiger partial charge is 0.433 e. The van der Waals surface area contributed by atoms with E-state index in [1.54, 1.807) is 71.0 Å². The van der Waals surface area contributed by atoms with Crippen LogP contribution in [-0.2, 0) is 26.0 Å². The highest BCUT2D eigenvalue weighted by molar-refractivity contribution is 7.89. The number of hydrogen-bond donors (Lipinski definition) is 2. The highest BCUT2D eigenvalue weighted by Gasteiger charge is 2.38. The molecule has 4 aromatic rings. The van der Waals surface area contributed by atoms with Gasteiger partial charge in [0, 0.05) is 53.1 Å². The maximum absolute atomic E-state index is 15.6. The highest BCUT2D eigenvalue weighted by Crippen LogP contribution is 2.36. The average Bonchev–Trinajstić information content (AvgIpc) is 3.12. The molecule has 0 spiro atoms. The number of sulfonamides is 1. The van der Waals surface area contributed by atoms with Crippen LogP contribution in [0, 0.1) is 17.6 Å². The third-order valence-electron chi connectivity index (χ3n) is 9.22. The van der Waals surface area contributed by atoms with Gasteiger partial charge in [0.05, 0.1) is 17.9 Å². The summed E-state index contributed by atoms with van der Waals surface area (Å²) in [5.74, 6) is -3.70. The van der Waals surface area contributed by atoms with Crippen molar-refractivity contribution in [1.29, 1.82) is 0 Å². The van der Waals surface area contributed by atoms with Gasteiger partial charge in [-0.1, -0.05) is 60.1 Å². The van der Waals surface area contributed by atoms with E-state index in [1.165, 1.54) is 37.3 Å². The molecule has 52 heavy (non-hydrogen) atoms. The number of rotatable bonds is 12. The summed E-state index contributed by atoms with van der Waals surface area (Å²) >= 11 is 6.18. The number of carbonyl (C=O) groups is 2. The molecule has 0 aromatic heterocycles. The Hall–Kier alpha value is -4.49. The number of methoxy groups -OCH3 is 1. The van der Waals surface area contributed by atoms with E-state index in [0.29, 0.717) is 42.1 Å². The zero-order valence-electron chi connectivity index (χ0n) is 29.1. The summed E-state index contributed by atoms with van der Waals surface area (Å²) in [7, 11) is -2.62. The van der Waals surface area contributed by atoms with E-state index in [0.717, 1.165) is 7.11 Å². The molecule has 274 valence electrons. The molecule has 1 fully saturated rings. The zero-order valence-corrected chi connectivity index (χ0v) is 30.6. The second-order valence-electron chi connectivity index (χ2n) is 12.7. The van der Waals surface area contributed by atoms with Gasteiger partial charge in [0.2, 0.25) is 15.9 Å². The summed E-state index contributed by atoms with van der Waals surface area (Å²) in [6.45, 7) is 4.29. The van der Waals surface area contributed by atoms with E-state index < -0.39 is 45.5 Å². The van der Waals surface area contributed by atoms with Gasteiger partial charge >= 0.3 is 6.09 Å². The third-order valence-corrected chi connectivity index (χ3v) is 11.6. The highest BCUT2D eigenvalue weighted by atomic mass is 35.5. The monoisotopic (exact) mass is 750 g/mol. The van der Waals surface area contributed by atoms with Crippen LogP contribution < -0.4 is 10.6 Å². The van der Waals surface area contributed by atoms with Crippen molar-refractivity contribution in [3.05, 3.63) is 130 Å². The van der Waals surface area contributed by atoms with E-state index in [4.69, 9.17) is 16.3 Å². The van der Waals surface area contributed by atoms with Gasteiger partial charge in [-0.05, 0) is 92.8 Å². The van der Waals surface area contributed by atoms with Crippen molar-refractivity contribution in [2.45, 2.75) is 56.0 Å². The number of piperazine rings is 1. The van der Waals surface area contributed by atoms with Crippen LogP contribution in [0.5, 0.6) is 0 Å². The van der Waals surface area contributed by atoms with Crippen molar-refractivity contribution >= 4 is 45.0 Å². The Morgan fingerprint density at radius 3 is 2.38 bits per heavy atom. The van der Waals surface area contributed by atoms with Crippen molar-refractivity contribution < 1.29 is 31.5 Å². The fourth-order valence-electron chi connectivity index (χ4n) is 6.82. The number of hydrogen-bond acceptors (Lipinski definition) is 6. The lowest BCUT2D eigenvalue weighted by Crippen LogP contribution is -2.58. The number of amides is 2. The summed E-state index contributed by atoms with van der Waals surface area (Å²) in [6, 6.07) is 24.4. The molecule has 5 rings (SSSR count). The Morgan fingerprint density at radius 1 is 0.981 bits per heavy atom. The molecule has 1 saturated heterocycles. The number of nitrogens with one attached hydrogen (secondary N) is 2. The topological polar surface area (TPSA) is 117 Å². The second kappa shape index (κ2) is 17.4. The minimum atomic E-state index is -3.79. The summed E-state index contributed by atoms with van der Waals surface area (Å²) in [5, 5.41) is 6.63. The zero-order chi connectivity index (χ0) is 37.4. The van der Waals surface area contributed by atoms with Crippen LogP contribution in [0.1, 0.15) is 49.3 Å². The number of halogens is 3. The fraction of sp³-hybridized carbons (Fsp3) is 0.308. The summed E-state index contributed by atoms with van der Waals surface area (Å²) in [6.07, 6.45) is 0.103. The van der Waals surface area contributed by atoms with E-state index in [1.807, 2.05) is 6.92 Å². The van der Waals surface area contributed by atoms with Gasteiger partial charge in [0.25, 0.3) is 0 Å². The van der Waals surface area contributed by atoms with E-state index in [9.17, 15) is 22.4 Å². The number of carbonyl (C=O) groups excluding carboxylic acids is 2. The van der Waals surface area contributed by atoms with Crippen LogP contribution in [0.3, 0.4) is 0 Å². The number of anilines is 1. The molecule has 9 nitrogen and oxygen atoms in total. The van der Waals surface area contributed by atoms with Crippen LogP contribution in [0.25, 0.3) is 0 Å². The molecular weight excluding hydrogens is 710 g/mol. The lowest BCUT2D eigenvalue weighted by Gasteiger charge is -2.40. The van der Waals surface area contributed by atoms with Crippen molar-refractivity contribution in [1.82, 2.24) is 9.62 Å². The standard InChI is InChI=1S/C39H41ClF2N4O5S/c1-25-23-43-24-31(46(25)52(49,50)32-13-5-4-6-14-32)12-8-15-33-34(42)16-9-17-35(33)45-38(47)36(26(2)44-39(48)51-3)37(27-18-20-29(40)21-19-27)28-10-7-11-30(41)22-28/h4-7,9-11,13-14,16-22,25,31,36-37,43H,8,12,15,23-24H2,1-3H3,(H,45,47). The van der Waals surface area contributed by atoms with Crippen LogP contribution in [0.15, 0.2) is 107 Å². The lowest BCUT2D eigenvalue weighted by molar-refractivity contribution is -0.118. The van der Waals surface area contributed by atoms with Gasteiger partial charge in [-0.3, -0.25) is 4.79 Å². The normalized spacial score (nSPS) is 18.0. The van der Waals surface area contributed by atoms with Crippen molar-refractivity contribution in [2.75, 3.05) is 25.5 Å². The first-order chi connectivity index (χ1) is 24.9. The van der Waals surface area contributed by atoms with Crippen molar-refractivity contribution in [3.8, 4) is 0 Å². The molecule has 2 N–H and O–H groups in total. The first-order valence-electron chi connectivity index (χ1n) is 16.9. The Bertz CT molecular complexity index is 2010. The van der Waals surface area contributed by atoms with Gasteiger partial charge in [0.1, 0.15) is 11.6 Å². The average molecular weight is 751 g/mol. The molecule has 0 aliphatic carbocycles. The third kappa shape index (κ3) is 9.11. The Balaban J connectivity index is 1.44. The van der Waals surface area contributed by atoms with Gasteiger partial charge in [-0.15, -0.1) is 0 Å². The van der Waals surface area contributed by atoms with E-state index in [-0.39, 0.29) is 40.4 Å². The number of ether oxygens (including phenoxy) is 1. The van der Waals surface area contributed by atoms with E-state index >= 15 is 4.39 Å². The summed E-state index contributed by atoms with van der Waals surface area (Å²) < 4.78 is 63.9. The van der Waals surface area contributed by atoms with E-state index in [2.05, 4.69) is 15.6 Å². The number of aliphatic imine (C=N–C) groups is 1. The van der Waals surface area contributed by atoms with Crippen LogP contribution in [-0.4, -0.2) is 62.7 Å². The Labute approximate surface area is 308 Å². The van der Waals surface area contributed by atoms with Crippen LogP contribution in [0.4, 0.5) is 19.3 Å². The maximum Gasteiger partial charge on any atom is 0.433 e. The lowest BCUT2D eigenvalue weighted by atomic mass is 9.77. The second-order valence-corrected chi connectivity index (χ2v) is 15.0. The van der Waals surface area contributed by atoms with Crippen molar-refractivity contribution in [3.63, 3.8) is 0 Å². The minimum absolute atomic E-state index is 0.0881. The SMILES string of the molecule is COC(=O)N=C(C)C(C(=O)Nc1cccc(F)c1CCCC1CNCC(C)N1S(=O)(=O)c1ccccc1)C(c1ccc(Cl)cc1)c1cccc(F)c1. The molecule has 0 bridgehead atoms.